The van der Waals surface area contributed by atoms with E-state index in [-0.39, 0.29) is 5.91 Å². The number of aliphatic carboxylic acids is 1. The Morgan fingerprint density at radius 3 is 2.50 bits per heavy atom. The third kappa shape index (κ3) is 1.30. The minimum atomic E-state index is -1.52. The van der Waals surface area contributed by atoms with E-state index in [1.54, 1.807) is 7.05 Å². The van der Waals surface area contributed by atoms with Crippen molar-refractivity contribution in [1.82, 2.24) is 4.90 Å². The van der Waals surface area contributed by atoms with Gasteiger partial charge in [0.05, 0.1) is 0 Å². The molecule has 5 nitrogen and oxygen atoms in total. The topological polar surface area (TPSA) is 74.7 Å². The maximum Gasteiger partial charge on any atom is 0.373 e. The molecular formula is C7H9NO4. The fraction of sp³-hybridized carbons (Fsp3) is 0.571. The summed E-state index contributed by atoms with van der Waals surface area (Å²) >= 11 is 0. The first-order chi connectivity index (χ1) is 5.54. The molecule has 0 bridgehead atoms. The van der Waals surface area contributed by atoms with Crippen molar-refractivity contribution in [3.63, 3.8) is 0 Å². The summed E-state index contributed by atoms with van der Waals surface area (Å²) < 4.78 is 0. The lowest BCUT2D eigenvalue weighted by atomic mass is 10.0. The molecule has 1 N–H and O–H groups in total. The van der Waals surface area contributed by atoms with Gasteiger partial charge in [0.25, 0.3) is 5.78 Å². The third-order valence-corrected chi connectivity index (χ3v) is 1.95. The van der Waals surface area contributed by atoms with Gasteiger partial charge in [-0.15, -0.1) is 0 Å². The molecule has 0 aromatic carbocycles. The fourth-order valence-corrected chi connectivity index (χ4v) is 1.21. The predicted molar refractivity (Wildman–Crippen MR) is 38.4 cm³/mol. The lowest BCUT2D eigenvalue weighted by Crippen LogP contribution is -2.31. The van der Waals surface area contributed by atoms with Gasteiger partial charge >= 0.3 is 5.97 Å². The normalized spacial score (nSPS) is 22.9. The van der Waals surface area contributed by atoms with Crippen LogP contribution in [-0.2, 0) is 14.4 Å². The van der Waals surface area contributed by atoms with Gasteiger partial charge in [-0.05, 0) is 6.42 Å². The largest absolute Gasteiger partial charge is 0.475 e. The number of carbonyl (C=O) groups is 3. The highest BCUT2D eigenvalue weighted by atomic mass is 16.4. The second kappa shape index (κ2) is 2.92. The minimum Gasteiger partial charge on any atom is -0.475 e. The van der Waals surface area contributed by atoms with Crippen LogP contribution in [0, 0.1) is 5.92 Å². The summed E-state index contributed by atoms with van der Waals surface area (Å²) in [4.78, 5) is 33.5. The maximum absolute atomic E-state index is 11.1. The zero-order chi connectivity index (χ0) is 9.30. The maximum atomic E-state index is 11.1. The van der Waals surface area contributed by atoms with Crippen molar-refractivity contribution in [2.45, 2.75) is 6.42 Å². The lowest BCUT2D eigenvalue weighted by molar-refractivity contribution is -0.153. The van der Waals surface area contributed by atoms with Gasteiger partial charge in [-0.25, -0.2) is 4.79 Å². The summed E-state index contributed by atoms with van der Waals surface area (Å²) in [7, 11) is 1.55. The van der Waals surface area contributed by atoms with Gasteiger partial charge in [0.15, 0.2) is 0 Å². The number of hydrogen-bond donors (Lipinski definition) is 1. The van der Waals surface area contributed by atoms with Crippen LogP contribution in [0.1, 0.15) is 6.42 Å². The van der Waals surface area contributed by atoms with Crippen molar-refractivity contribution in [1.29, 1.82) is 0 Å². The van der Waals surface area contributed by atoms with Crippen LogP contribution in [0.4, 0.5) is 0 Å². The van der Waals surface area contributed by atoms with Crippen LogP contribution in [0.15, 0.2) is 0 Å². The van der Waals surface area contributed by atoms with Crippen LogP contribution in [0.25, 0.3) is 0 Å². The van der Waals surface area contributed by atoms with Crippen LogP contribution in [0.2, 0.25) is 0 Å². The van der Waals surface area contributed by atoms with Crippen molar-refractivity contribution in [3.8, 4) is 0 Å². The van der Waals surface area contributed by atoms with Crippen LogP contribution < -0.4 is 0 Å². The average molecular weight is 171 g/mol. The molecule has 0 unspecified atom stereocenters. The van der Waals surface area contributed by atoms with Crippen molar-refractivity contribution in [3.05, 3.63) is 0 Å². The van der Waals surface area contributed by atoms with E-state index in [9.17, 15) is 14.4 Å². The second-order valence-electron chi connectivity index (χ2n) is 2.77. The molecule has 1 aliphatic rings. The molecule has 1 fully saturated rings. The molecular weight excluding hydrogens is 162 g/mol. The molecule has 66 valence electrons. The quantitative estimate of drug-likeness (QED) is 0.432. The zero-order valence-corrected chi connectivity index (χ0v) is 6.61. The average Bonchev–Trinajstić information content (AvgIpc) is 2.32. The lowest BCUT2D eigenvalue weighted by Gasteiger charge is -2.06. The van der Waals surface area contributed by atoms with Crippen molar-refractivity contribution >= 4 is 17.7 Å². The zero-order valence-electron chi connectivity index (χ0n) is 6.61. The number of nitrogens with zero attached hydrogens (tertiary/aromatic N) is 1. The summed E-state index contributed by atoms with van der Waals surface area (Å²) in [6.45, 7) is 0.461. The Balaban J connectivity index is 2.72. The molecule has 0 spiro atoms. The summed E-state index contributed by atoms with van der Waals surface area (Å²) in [5.74, 6) is -3.86. The van der Waals surface area contributed by atoms with Gasteiger partial charge in [0.1, 0.15) is 5.92 Å². The highest BCUT2D eigenvalue weighted by molar-refractivity contribution is 6.37. The van der Waals surface area contributed by atoms with E-state index >= 15 is 0 Å². The van der Waals surface area contributed by atoms with E-state index in [0.717, 1.165) is 0 Å². The van der Waals surface area contributed by atoms with Crippen LogP contribution >= 0.6 is 0 Å². The van der Waals surface area contributed by atoms with Gasteiger partial charge in [-0.2, -0.15) is 0 Å². The van der Waals surface area contributed by atoms with Crippen molar-refractivity contribution in [2.24, 2.45) is 5.92 Å². The number of Topliss-reactive ketones (excluding diaryl/α,β-unsaturated/α-hetero) is 1. The van der Waals surface area contributed by atoms with Crippen LogP contribution in [0.5, 0.6) is 0 Å². The molecule has 0 saturated carbocycles. The monoisotopic (exact) mass is 171 g/mol. The van der Waals surface area contributed by atoms with Crippen molar-refractivity contribution < 1.29 is 19.5 Å². The van der Waals surface area contributed by atoms with Crippen LogP contribution in [0.3, 0.4) is 0 Å². The second-order valence-corrected chi connectivity index (χ2v) is 2.77. The smallest absolute Gasteiger partial charge is 0.373 e. The first-order valence-corrected chi connectivity index (χ1v) is 3.56. The summed E-state index contributed by atoms with van der Waals surface area (Å²) in [6, 6.07) is 0. The Kier molecular flexibility index (Phi) is 2.12. The highest BCUT2D eigenvalue weighted by Gasteiger charge is 2.37. The molecule has 0 aromatic heterocycles. The Morgan fingerprint density at radius 2 is 2.17 bits per heavy atom. The molecule has 5 heteroatoms. The summed E-state index contributed by atoms with van der Waals surface area (Å²) in [5.41, 5.74) is 0. The molecule has 1 saturated heterocycles. The number of ketones is 1. The van der Waals surface area contributed by atoms with E-state index < -0.39 is 17.7 Å². The predicted octanol–water partition coefficient (Wildman–Crippen LogP) is -0.882. The number of rotatable bonds is 2. The SMILES string of the molecule is CN1CC[C@@H](C(=O)C(=O)O)C1=O. The Bertz CT molecular complexity index is 248. The number of carboxylic acids is 1. The Labute approximate surface area is 69.0 Å². The van der Waals surface area contributed by atoms with Gasteiger partial charge in [-0.3, -0.25) is 9.59 Å². The number of hydrogen-bond acceptors (Lipinski definition) is 3. The standard InChI is InChI=1S/C7H9NO4/c1-8-3-2-4(6(8)10)5(9)7(11)12/h4H,2-3H2,1H3,(H,11,12)/t4-/m0/s1. The first-order valence-electron chi connectivity index (χ1n) is 3.56. The molecule has 1 rings (SSSR count). The number of carboxylic acid groups (broad SMARTS) is 1. The summed E-state index contributed by atoms with van der Waals surface area (Å²) in [6.07, 6.45) is 0.320. The first kappa shape index (κ1) is 8.70. The van der Waals surface area contributed by atoms with Gasteiger partial charge in [-0.1, -0.05) is 0 Å². The number of likely N-dealkylation sites (tertiary alicyclic amines) is 1. The third-order valence-electron chi connectivity index (χ3n) is 1.95. The molecule has 1 aliphatic heterocycles. The van der Waals surface area contributed by atoms with E-state index in [4.69, 9.17) is 5.11 Å². The molecule has 0 aromatic rings. The molecule has 0 radical (unpaired) electrons. The van der Waals surface area contributed by atoms with E-state index in [1.807, 2.05) is 0 Å². The Hall–Kier alpha value is -1.39. The van der Waals surface area contributed by atoms with Gasteiger partial charge < -0.3 is 10.0 Å². The Morgan fingerprint density at radius 1 is 1.58 bits per heavy atom. The van der Waals surface area contributed by atoms with Gasteiger partial charge in [0.2, 0.25) is 5.91 Å². The number of amides is 1. The number of carbonyl (C=O) groups excluding carboxylic acids is 2. The molecule has 12 heavy (non-hydrogen) atoms. The van der Waals surface area contributed by atoms with Gasteiger partial charge in [0, 0.05) is 13.6 Å². The van der Waals surface area contributed by atoms with E-state index in [2.05, 4.69) is 0 Å². The molecule has 1 amide bonds. The van der Waals surface area contributed by atoms with Crippen molar-refractivity contribution in [2.75, 3.05) is 13.6 Å². The summed E-state index contributed by atoms with van der Waals surface area (Å²) in [5, 5.41) is 8.33. The highest BCUT2D eigenvalue weighted by Crippen LogP contribution is 2.16. The fourth-order valence-electron chi connectivity index (χ4n) is 1.21. The molecule has 0 aliphatic carbocycles. The van der Waals surface area contributed by atoms with Crippen LogP contribution in [-0.4, -0.2) is 41.3 Å². The molecule has 1 atom stereocenters. The van der Waals surface area contributed by atoms with E-state index in [0.29, 0.717) is 13.0 Å². The van der Waals surface area contributed by atoms with E-state index in [1.165, 1.54) is 4.90 Å². The minimum absolute atomic E-state index is 0.320. The molecule has 1 heterocycles.